The minimum absolute atomic E-state index is 0.117. The molecule has 3 unspecified atom stereocenters. The highest BCUT2D eigenvalue weighted by Crippen LogP contribution is 2.69. The summed E-state index contributed by atoms with van der Waals surface area (Å²) in [7, 11) is 0. The molecule has 4 fully saturated rings. The van der Waals surface area contributed by atoms with Gasteiger partial charge in [-0.25, -0.2) is 0 Å². The Morgan fingerprint density at radius 1 is 1.00 bits per heavy atom. The minimum atomic E-state index is 0.117. The molecule has 4 bridgehead atoms. The van der Waals surface area contributed by atoms with Gasteiger partial charge in [0.1, 0.15) is 0 Å². The molecule has 0 aromatic rings. The molecule has 0 aromatic heterocycles. The van der Waals surface area contributed by atoms with Crippen molar-refractivity contribution in [2.45, 2.75) is 64.7 Å². The smallest absolute Gasteiger partial charge is 0.0475 e. The predicted molar refractivity (Wildman–Crippen MR) is 69.7 cm³/mol. The Morgan fingerprint density at radius 2 is 1.50 bits per heavy atom. The van der Waals surface area contributed by atoms with Gasteiger partial charge >= 0.3 is 0 Å². The summed E-state index contributed by atoms with van der Waals surface area (Å²) in [6.07, 6.45) is 7.09. The molecule has 16 heavy (non-hydrogen) atoms. The van der Waals surface area contributed by atoms with E-state index in [1.807, 2.05) is 0 Å². The van der Waals surface area contributed by atoms with Gasteiger partial charge < -0.3 is 0 Å². The summed E-state index contributed by atoms with van der Waals surface area (Å²) in [5, 5.41) is 0. The van der Waals surface area contributed by atoms with E-state index in [0.717, 1.165) is 17.8 Å². The Morgan fingerprint density at radius 3 is 1.94 bits per heavy atom. The van der Waals surface area contributed by atoms with E-state index in [1.54, 1.807) is 0 Å². The minimum Gasteiger partial charge on any atom is -0.119 e. The highest BCUT2D eigenvalue weighted by atomic mass is 35.5. The molecule has 1 heteroatoms. The third-order valence-electron chi connectivity index (χ3n) is 6.38. The second-order valence-electron chi connectivity index (χ2n) is 8.03. The van der Waals surface area contributed by atoms with Crippen LogP contribution in [0.3, 0.4) is 0 Å². The van der Waals surface area contributed by atoms with Gasteiger partial charge in [-0.15, -0.1) is 11.6 Å². The molecule has 4 aliphatic carbocycles. The lowest BCUT2D eigenvalue weighted by Crippen LogP contribution is -2.60. The van der Waals surface area contributed by atoms with Crippen molar-refractivity contribution in [1.82, 2.24) is 0 Å². The molecule has 4 rings (SSSR count). The van der Waals surface area contributed by atoms with Crippen molar-refractivity contribution in [3.05, 3.63) is 0 Å². The summed E-state index contributed by atoms with van der Waals surface area (Å²) in [6.45, 7) is 9.67. The van der Waals surface area contributed by atoms with Crippen LogP contribution in [0.4, 0.5) is 0 Å². The maximum atomic E-state index is 6.84. The van der Waals surface area contributed by atoms with Crippen molar-refractivity contribution in [2.24, 2.45) is 28.6 Å². The fourth-order valence-corrected chi connectivity index (χ4v) is 5.42. The van der Waals surface area contributed by atoms with Crippen molar-refractivity contribution in [1.29, 1.82) is 0 Å². The molecule has 0 aliphatic heterocycles. The van der Waals surface area contributed by atoms with E-state index in [9.17, 15) is 0 Å². The van der Waals surface area contributed by atoms with Crippen molar-refractivity contribution in [2.75, 3.05) is 0 Å². The number of rotatable bonds is 0. The predicted octanol–water partition coefficient (Wildman–Crippen LogP) is 4.86. The zero-order valence-electron chi connectivity index (χ0n) is 11.1. The fraction of sp³-hybridized carbons (Fsp3) is 1.00. The molecule has 92 valence electrons. The maximum Gasteiger partial charge on any atom is 0.0475 e. The molecular formula is C15H25Cl. The van der Waals surface area contributed by atoms with Crippen LogP contribution in [0.15, 0.2) is 0 Å². The first-order valence-corrected chi connectivity index (χ1v) is 7.31. The van der Waals surface area contributed by atoms with Crippen LogP contribution < -0.4 is 0 Å². The molecule has 0 saturated heterocycles. The van der Waals surface area contributed by atoms with Crippen LogP contribution in [-0.2, 0) is 0 Å². The lowest BCUT2D eigenvalue weighted by atomic mass is 9.41. The lowest BCUT2D eigenvalue weighted by Gasteiger charge is -2.66. The first-order valence-electron chi connectivity index (χ1n) is 6.93. The van der Waals surface area contributed by atoms with Gasteiger partial charge in [-0.3, -0.25) is 0 Å². The molecule has 4 saturated carbocycles. The highest BCUT2D eigenvalue weighted by Gasteiger charge is 2.62. The van der Waals surface area contributed by atoms with Gasteiger partial charge in [-0.1, -0.05) is 20.8 Å². The fourth-order valence-electron chi connectivity index (χ4n) is 5.09. The van der Waals surface area contributed by atoms with E-state index >= 15 is 0 Å². The number of hydrogen-bond acceptors (Lipinski definition) is 0. The molecule has 0 nitrogen and oxygen atoms in total. The van der Waals surface area contributed by atoms with Gasteiger partial charge in [0, 0.05) is 4.87 Å². The van der Waals surface area contributed by atoms with Gasteiger partial charge in [0.2, 0.25) is 0 Å². The van der Waals surface area contributed by atoms with Crippen molar-refractivity contribution < 1.29 is 0 Å². The zero-order chi connectivity index (χ0) is 11.8. The summed E-state index contributed by atoms with van der Waals surface area (Å²) in [5.41, 5.74) is 1.08. The largest absolute Gasteiger partial charge is 0.119 e. The lowest BCUT2D eigenvalue weighted by molar-refractivity contribution is -0.130. The molecule has 0 N–H and O–H groups in total. The van der Waals surface area contributed by atoms with Crippen LogP contribution in [-0.4, -0.2) is 4.87 Å². The third kappa shape index (κ3) is 1.29. The Balaban J connectivity index is 1.99. The summed E-state index contributed by atoms with van der Waals surface area (Å²) in [6, 6.07) is 0. The summed E-state index contributed by atoms with van der Waals surface area (Å²) < 4.78 is 0. The van der Waals surface area contributed by atoms with E-state index in [0.29, 0.717) is 10.8 Å². The average molecular weight is 241 g/mol. The van der Waals surface area contributed by atoms with E-state index in [-0.39, 0.29) is 4.87 Å². The Kier molecular flexibility index (Phi) is 2.13. The normalized spacial score (nSPS) is 55.7. The molecule has 5 atom stereocenters. The van der Waals surface area contributed by atoms with Crippen LogP contribution in [0.2, 0.25) is 0 Å². The van der Waals surface area contributed by atoms with Gasteiger partial charge in [0.05, 0.1) is 0 Å². The van der Waals surface area contributed by atoms with E-state index in [1.165, 1.54) is 32.1 Å². The van der Waals surface area contributed by atoms with Gasteiger partial charge in [0.15, 0.2) is 0 Å². The Labute approximate surface area is 105 Å². The zero-order valence-corrected chi connectivity index (χ0v) is 11.9. The van der Waals surface area contributed by atoms with Crippen molar-refractivity contribution in [3.63, 3.8) is 0 Å². The first-order chi connectivity index (χ1) is 7.25. The summed E-state index contributed by atoms with van der Waals surface area (Å²) in [4.78, 5) is 0.117. The number of hydrogen-bond donors (Lipinski definition) is 0. The van der Waals surface area contributed by atoms with E-state index in [2.05, 4.69) is 27.7 Å². The topological polar surface area (TPSA) is 0 Å². The molecule has 0 radical (unpaired) electrons. The van der Waals surface area contributed by atoms with Gasteiger partial charge in [0.25, 0.3) is 0 Å². The number of alkyl halides is 1. The van der Waals surface area contributed by atoms with Crippen molar-refractivity contribution in [3.8, 4) is 0 Å². The second kappa shape index (κ2) is 2.99. The van der Waals surface area contributed by atoms with Crippen LogP contribution >= 0.6 is 11.6 Å². The van der Waals surface area contributed by atoms with E-state index in [4.69, 9.17) is 11.6 Å². The highest BCUT2D eigenvalue weighted by molar-refractivity contribution is 6.24. The molecule has 4 aliphatic rings. The number of halogens is 1. The third-order valence-corrected chi connectivity index (χ3v) is 6.99. The monoisotopic (exact) mass is 240 g/mol. The maximum absolute atomic E-state index is 6.84. The second-order valence-corrected chi connectivity index (χ2v) is 8.84. The van der Waals surface area contributed by atoms with Crippen LogP contribution in [0, 0.1) is 28.6 Å². The Bertz CT molecular complexity index is 292. The van der Waals surface area contributed by atoms with Crippen LogP contribution in [0.5, 0.6) is 0 Å². The molecule has 0 spiro atoms. The van der Waals surface area contributed by atoms with Gasteiger partial charge in [-0.05, 0) is 67.6 Å². The van der Waals surface area contributed by atoms with Crippen LogP contribution in [0.25, 0.3) is 0 Å². The SMILES string of the molecule is CC1(Cl)[C@@H]2CC3C[C@H]1CC(C(C)(C)C)(C3)C2. The Hall–Kier alpha value is 0.290. The van der Waals surface area contributed by atoms with E-state index < -0.39 is 0 Å². The molecule has 0 aromatic carbocycles. The average Bonchev–Trinajstić information content (AvgIpc) is 2.12. The van der Waals surface area contributed by atoms with Crippen molar-refractivity contribution >= 4 is 11.6 Å². The van der Waals surface area contributed by atoms with Crippen LogP contribution in [0.1, 0.15) is 59.8 Å². The first kappa shape index (κ1) is 11.4. The molecular weight excluding hydrogens is 216 g/mol. The van der Waals surface area contributed by atoms with Gasteiger partial charge in [-0.2, -0.15) is 0 Å². The molecule has 0 amide bonds. The molecule has 0 heterocycles. The summed E-state index contributed by atoms with van der Waals surface area (Å²) >= 11 is 6.84. The quantitative estimate of drug-likeness (QED) is 0.531. The summed E-state index contributed by atoms with van der Waals surface area (Å²) in [5.74, 6) is 2.57. The standard InChI is InChI=1S/C15H25Cl/c1-13(2,3)15-7-10-5-11(8-15)14(4,16)12(6-10)9-15/h10-12H,5-9H2,1-4H3/t10?,11-,12+,14?,15?.